The molecule has 0 saturated heterocycles. The molecule has 0 spiro atoms. The molecule has 0 bridgehead atoms. The Bertz CT molecular complexity index is 408. The highest BCUT2D eigenvalue weighted by Crippen LogP contribution is 2.54. The number of nitrogens with one attached hydrogen (secondary N) is 1. The zero-order chi connectivity index (χ0) is 12.7. The summed E-state index contributed by atoms with van der Waals surface area (Å²) >= 11 is 0. The first kappa shape index (κ1) is 12.2. The molecular formula is C14H24N4. The minimum absolute atomic E-state index is 0.331. The summed E-state index contributed by atoms with van der Waals surface area (Å²) in [6.45, 7) is 5.64. The maximum atomic E-state index is 4.25. The van der Waals surface area contributed by atoms with Gasteiger partial charge in [-0.3, -0.25) is 0 Å². The Balaban J connectivity index is 1.56. The maximum absolute atomic E-state index is 4.25. The van der Waals surface area contributed by atoms with Crippen LogP contribution in [0, 0.1) is 23.7 Å². The first-order valence-corrected chi connectivity index (χ1v) is 7.24. The Kier molecular flexibility index (Phi) is 3.14. The molecule has 1 aromatic rings. The van der Waals surface area contributed by atoms with Gasteiger partial charge in [0.15, 0.2) is 0 Å². The summed E-state index contributed by atoms with van der Waals surface area (Å²) in [5.41, 5.74) is 0. The largest absolute Gasteiger partial charge is 0.319 e. The van der Waals surface area contributed by atoms with Crippen LogP contribution in [0.3, 0.4) is 0 Å². The van der Waals surface area contributed by atoms with E-state index in [1.54, 1.807) is 6.33 Å². The summed E-state index contributed by atoms with van der Waals surface area (Å²) in [5.74, 6) is 4.64. The van der Waals surface area contributed by atoms with Crippen molar-refractivity contribution in [1.82, 2.24) is 20.1 Å². The van der Waals surface area contributed by atoms with Gasteiger partial charge in [-0.15, -0.1) is 10.2 Å². The summed E-state index contributed by atoms with van der Waals surface area (Å²) in [5, 5.41) is 12.0. The molecule has 4 heteroatoms. The van der Waals surface area contributed by atoms with Gasteiger partial charge in [-0.05, 0) is 49.5 Å². The van der Waals surface area contributed by atoms with E-state index in [2.05, 4.69) is 29.4 Å². The van der Waals surface area contributed by atoms with Gasteiger partial charge in [0.25, 0.3) is 0 Å². The van der Waals surface area contributed by atoms with Crippen molar-refractivity contribution < 1.29 is 0 Å². The average molecular weight is 248 g/mol. The summed E-state index contributed by atoms with van der Waals surface area (Å²) in [7, 11) is 2.02. The molecule has 4 nitrogen and oxygen atoms in total. The second kappa shape index (κ2) is 4.65. The number of hydrogen-bond donors (Lipinski definition) is 1. The third kappa shape index (κ3) is 2.44. The van der Waals surface area contributed by atoms with Crippen LogP contribution < -0.4 is 5.32 Å². The van der Waals surface area contributed by atoms with E-state index in [9.17, 15) is 0 Å². The molecular weight excluding hydrogens is 224 g/mol. The van der Waals surface area contributed by atoms with Crippen molar-refractivity contribution in [3.05, 3.63) is 12.2 Å². The van der Waals surface area contributed by atoms with Crippen molar-refractivity contribution in [2.45, 2.75) is 39.2 Å². The van der Waals surface area contributed by atoms with Crippen LogP contribution in [0.25, 0.3) is 0 Å². The summed E-state index contributed by atoms with van der Waals surface area (Å²) in [6, 6.07) is 0.331. The van der Waals surface area contributed by atoms with Crippen LogP contribution in [0.2, 0.25) is 0 Å². The standard InChI is InChI=1S/C14H24N4/c1-9(2)13(14-17-16-8-18(14)3)15-7-11-6-12(11)10-4-5-10/h8-13,15H,4-7H2,1-3H3. The van der Waals surface area contributed by atoms with Crippen molar-refractivity contribution in [2.75, 3.05) is 6.54 Å². The van der Waals surface area contributed by atoms with Crippen LogP contribution in [0.1, 0.15) is 45.0 Å². The van der Waals surface area contributed by atoms with Crippen molar-refractivity contribution >= 4 is 0 Å². The van der Waals surface area contributed by atoms with E-state index in [1.807, 2.05) is 11.6 Å². The average Bonchev–Trinajstić information content (AvgIpc) is 3.20. The molecule has 18 heavy (non-hydrogen) atoms. The van der Waals surface area contributed by atoms with Crippen LogP contribution in [0.15, 0.2) is 6.33 Å². The lowest BCUT2D eigenvalue weighted by Crippen LogP contribution is -2.30. The third-order valence-electron chi connectivity index (χ3n) is 4.50. The van der Waals surface area contributed by atoms with Crippen molar-refractivity contribution in [3.8, 4) is 0 Å². The molecule has 0 radical (unpaired) electrons. The molecule has 2 aliphatic rings. The topological polar surface area (TPSA) is 42.7 Å². The zero-order valence-electron chi connectivity index (χ0n) is 11.6. The predicted octanol–water partition coefficient (Wildman–Crippen LogP) is 2.15. The lowest BCUT2D eigenvalue weighted by molar-refractivity contribution is 0.373. The van der Waals surface area contributed by atoms with Crippen molar-refractivity contribution in [2.24, 2.45) is 30.7 Å². The van der Waals surface area contributed by atoms with Crippen LogP contribution in [0.4, 0.5) is 0 Å². The van der Waals surface area contributed by atoms with E-state index in [0.717, 1.165) is 30.1 Å². The summed E-state index contributed by atoms with van der Waals surface area (Å²) in [4.78, 5) is 0. The molecule has 1 aromatic heterocycles. The number of nitrogens with zero attached hydrogens (tertiary/aromatic N) is 3. The van der Waals surface area contributed by atoms with Crippen LogP contribution >= 0.6 is 0 Å². The van der Waals surface area contributed by atoms with Gasteiger partial charge in [0.05, 0.1) is 6.04 Å². The number of aryl methyl sites for hydroxylation is 1. The Morgan fingerprint density at radius 2 is 2.22 bits per heavy atom. The highest BCUT2D eigenvalue weighted by molar-refractivity contribution is 5.00. The van der Waals surface area contributed by atoms with Gasteiger partial charge in [-0.1, -0.05) is 13.8 Å². The molecule has 2 saturated carbocycles. The van der Waals surface area contributed by atoms with Gasteiger partial charge in [0.1, 0.15) is 12.2 Å². The predicted molar refractivity (Wildman–Crippen MR) is 70.9 cm³/mol. The van der Waals surface area contributed by atoms with E-state index in [4.69, 9.17) is 0 Å². The zero-order valence-corrected chi connectivity index (χ0v) is 11.6. The summed E-state index contributed by atoms with van der Waals surface area (Å²) < 4.78 is 2.03. The SMILES string of the molecule is CC(C)C(NCC1CC1C1CC1)c1nncn1C. The van der Waals surface area contributed by atoms with E-state index >= 15 is 0 Å². The van der Waals surface area contributed by atoms with E-state index in [0.29, 0.717) is 12.0 Å². The van der Waals surface area contributed by atoms with E-state index < -0.39 is 0 Å². The molecule has 1 N–H and O–H groups in total. The molecule has 2 fully saturated rings. The minimum Gasteiger partial charge on any atom is -0.319 e. The molecule has 3 rings (SSSR count). The fourth-order valence-electron chi connectivity index (χ4n) is 3.08. The van der Waals surface area contributed by atoms with Crippen molar-refractivity contribution in [1.29, 1.82) is 0 Å². The fourth-order valence-corrected chi connectivity index (χ4v) is 3.08. The normalized spacial score (nSPS) is 28.7. The van der Waals surface area contributed by atoms with Gasteiger partial charge in [-0.2, -0.15) is 0 Å². The molecule has 0 amide bonds. The molecule has 3 unspecified atom stereocenters. The molecule has 0 aromatic carbocycles. The third-order valence-corrected chi connectivity index (χ3v) is 4.50. The second-order valence-electron chi connectivity index (χ2n) is 6.43. The molecule has 100 valence electrons. The van der Waals surface area contributed by atoms with Crippen LogP contribution in [-0.2, 0) is 7.05 Å². The van der Waals surface area contributed by atoms with Gasteiger partial charge in [0, 0.05) is 7.05 Å². The van der Waals surface area contributed by atoms with Gasteiger partial charge < -0.3 is 9.88 Å². The second-order valence-corrected chi connectivity index (χ2v) is 6.43. The lowest BCUT2D eigenvalue weighted by atomic mass is 10.0. The van der Waals surface area contributed by atoms with Crippen LogP contribution in [-0.4, -0.2) is 21.3 Å². The summed E-state index contributed by atoms with van der Waals surface area (Å²) in [6.07, 6.45) is 6.20. The molecule has 3 atom stereocenters. The first-order chi connectivity index (χ1) is 8.66. The van der Waals surface area contributed by atoms with E-state index in [-0.39, 0.29) is 0 Å². The monoisotopic (exact) mass is 248 g/mol. The van der Waals surface area contributed by atoms with Gasteiger partial charge in [0.2, 0.25) is 0 Å². The van der Waals surface area contributed by atoms with Crippen LogP contribution in [0.5, 0.6) is 0 Å². The number of hydrogen-bond acceptors (Lipinski definition) is 3. The number of aromatic nitrogens is 3. The van der Waals surface area contributed by atoms with Gasteiger partial charge in [-0.25, -0.2) is 0 Å². The Morgan fingerprint density at radius 1 is 1.44 bits per heavy atom. The first-order valence-electron chi connectivity index (χ1n) is 7.24. The molecule has 1 heterocycles. The Hall–Kier alpha value is -0.900. The molecule has 0 aliphatic heterocycles. The van der Waals surface area contributed by atoms with Crippen molar-refractivity contribution in [3.63, 3.8) is 0 Å². The number of rotatable bonds is 6. The highest BCUT2D eigenvalue weighted by Gasteiger charge is 2.47. The quantitative estimate of drug-likeness (QED) is 0.839. The highest BCUT2D eigenvalue weighted by atomic mass is 15.3. The van der Waals surface area contributed by atoms with Gasteiger partial charge >= 0.3 is 0 Å². The minimum atomic E-state index is 0.331. The lowest BCUT2D eigenvalue weighted by Gasteiger charge is -2.21. The van der Waals surface area contributed by atoms with E-state index in [1.165, 1.54) is 19.3 Å². The Labute approximate surface area is 109 Å². The Morgan fingerprint density at radius 3 is 2.78 bits per heavy atom. The molecule has 2 aliphatic carbocycles. The fraction of sp³-hybridized carbons (Fsp3) is 0.857. The smallest absolute Gasteiger partial charge is 0.149 e. The maximum Gasteiger partial charge on any atom is 0.149 e.